The Hall–Kier alpha value is -1.03. The van der Waals surface area contributed by atoms with Gasteiger partial charge in [-0.2, -0.15) is 0 Å². The second-order valence-electron chi connectivity index (χ2n) is 5.14. The predicted octanol–water partition coefficient (Wildman–Crippen LogP) is 2.27. The molecule has 1 saturated heterocycles. The molecule has 1 fully saturated rings. The Bertz CT molecular complexity index is 279. The number of unbranched alkanes of at least 4 members (excludes halogenated alkanes) is 2. The van der Waals surface area contributed by atoms with Gasteiger partial charge in [-0.3, -0.25) is 4.79 Å². The molecule has 19 heavy (non-hydrogen) atoms. The fraction of sp³-hybridized carbons (Fsp3) is 0.800. The lowest BCUT2D eigenvalue weighted by atomic mass is 9.99. The van der Waals surface area contributed by atoms with Gasteiger partial charge in [-0.15, -0.1) is 0 Å². The molecule has 4 nitrogen and oxygen atoms in total. The molecule has 112 valence electrons. The number of aliphatic hydroxyl groups is 1. The average molecular weight is 270 g/mol. The summed E-state index contributed by atoms with van der Waals surface area (Å²) in [7, 11) is 1.00. The zero-order chi connectivity index (χ0) is 14.8. The molecular formula is C15H30N2O2. The first kappa shape index (κ1) is 18.0. The van der Waals surface area contributed by atoms with Gasteiger partial charge in [0.15, 0.2) is 0 Å². The number of likely N-dealkylation sites (tertiary alicyclic amines) is 1. The zero-order valence-electron chi connectivity index (χ0n) is 12.7. The van der Waals surface area contributed by atoms with Crippen LogP contribution >= 0.6 is 0 Å². The zero-order valence-corrected chi connectivity index (χ0v) is 12.7. The number of hydrogen-bond donors (Lipinski definition) is 2. The van der Waals surface area contributed by atoms with Crippen LogP contribution in [-0.4, -0.2) is 35.6 Å². The summed E-state index contributed by atoms with van der Waals surface area (Å²) >= 11 is 0. The van der Waals surface area contributed by atoms with Crippen molar-refractivity contribution in [1.82, 2.24) is 4.90 Å². The second kappa shape index (κ2) is 9.84. The predicted molar refractivity (Wildman–Crippen MR) is 79.5 cm³/mol. The first-order chi connectivity index (χ1) is 9.07. The number of carbonyl (C=O) groups excluding carboxylic acids is 1. The van der Waals surface area contributed by atoms with Crippen LogP contribution in [0.5, 0.6) is 0 Å². The van der Waals surface area contributed by atoms with Gasteiger partial charge in [0, 0.05) is 19.4 Å². The van der Waals surface area contributed by atoms with Gasteiger partial charge in [-0.1, -0.05) is 39.7 Å². The maximum Gasteiger partial charge on any atom is 0.240 e. The van der Waals surface area contributed by atoms with Gasteiger partial charge in [0.05, 0.1) is 0 Å². The third-order valence-electron chi connectivity index (χ3n) is 3.76. The number of nitrogens with two attached hydrogens (primary N) is 1. The van der Waals surface area contributed by atoms with Crippen LogP contribution in [0.3, 0.4) is 0 Å². The van der Waals surface area contributed by atoms with E-state index in [1.54, 1.807) is 0 Å². The Kier molecular flexibility index (Phi) is 9.31. The fourth-order valence-electron chi connectivity index (χ4n) is 2.56. The van der Waals surface area contributed by atoms with Crippen molar-refractivity contribution in [1.29, 1.82) is 0 Å². The highest BCUT2D eigenvalue weighted by molar-refractivity contribution is 5.80. The summed E-state index contributed by atoms with van der Waals surface area (Å²) < 4.78 is 0. The maximum absolute atomic E-state index is 11.3. The van der Waals surface area contributed by atoms with E-state index < -0.39 is 0 Å². The molecule has 0 bridgehead atoms. The number of allylic oxidation sites excluding steroid dienone is 1. The van der Waals surface area contributed by atoms with Crippen molar-refractivity contribution in [3.8, 4) is 0 Å². The highest BCUT2D eigenvalue weighted by Gasteiger charge is 2.31. The molecule has 1 aliphatic rings. The normalized spacial score (nSPS) is 19.6. The molecule has 3 N–H and O–H groups in total. The van der Waals surface area contributed by atoms with Gasteiger partial charge in [0.1, 0.15) is 6.04 Å². The van der Waals surface area contributed by atoms with E-state index in [2.05, 4.69) is 25.3 Å². The Morgan fingerprint density at radius 2 is 2.11 bits per heavy atom. The van der Waals surface area contributed by atoms with Crippen molar-refractivity contribution in [2.75, 3.05) is 13.7 Å². The summed E-state index contributed by atoms with van der Waals surface area (Å²) in [6, 6.07) is -0.115. The SMILES string of the molecule is C=C(C(C)CCCCC)N1CCCC1C(N)=O.CO. The van der Waals surface area contributed by atoms with E-state index in [4.69, 9.17) is 10.8 Å². The van der Waals surface area contributed by atoms with E-state index in [0.717, 1.165) is 38.6 Å². The van der Waals surface area contributed by atoms with E-state index in [-0.39, 0.29) is 11.9 Å². The van der Waals surface area contributed by atoms with Gasteiger partial charge in [-0.05, 0) is 25.2 Å². The van der Waals surface area contributed by atoms with Crippen molar-refractivity contribution >= 4 is 5.91 Å². The van der Waals surface area contributed by atoms with Crippen LogP contribution in [0.2, 0.25) is 0 Å². The van der Waals surface area contributed by atoms with Crippen LogP contribution in [0.15, 0.2) is 12.3 Å². The molecule has 4 heteroatoms. The Morgan fingerprint density at radius 1 is 1.47 bits per heavy atom. The van der Waals surface area contributed by atoms with Crippen LogP contribution in [0.1, 0.15) is 52.4 Å². The largest absolute Gasteiger partial charge is 0.400 e. The molecule has 0 aromatic heterocycles. The molecule has 0 spiro atoms. The molecule has 1 rings (SSSR count). The van der Waals surface area contributed by atoms with Gasteiger partial charge in [0.25, 0.3) is 0 Å². The third-order valence-corrected chi connectivity index (χ3v) is 3.76. The topological polar surface area (TPSA) is 66.6 Å². The molecule has 1 aliphatic heterocycles. The smallest absolute Gasteiger partial charge is 0.240 e. The Labute approximate surface area is 117 Å². The number of aliphatic hydroxyl groups excluding tert-OH is 1. The number of rotatable bonds is 7. The second-order valence-corrected chi connectivity index (χ2v) is 5.14. The van der Waals surface area contributed by atoms with Gasteiger partial charge >= 0.3 is 0 Å². The van der Waals surface area contributed by atoms with Crippen LogP contribution in [-0.2, 0) is 4.79 Å². The molecule has 0 aromatic rings. The lowest BCUT2D eigenvalue weighted by Gasteiger charge is -2.30. The Morgan fingerprint density at radius 3 is 2.63 bits per heavy atom. The minimum atomic E-state index is -0.204. The van der Waals surface area contributed by atoms with E-state index >= 15 is 0 Å². The number of amides is 1. The van der Waals surface area contributed by atoms with Gasteiger partial charge < -0.3 is 15.7 Å². The van der Waals surface area contributed by atoms with Crippen molar-refractivity contribution in [2.24, 2.45) is 11.7 Å². The number of hydrogen-bond acceptors (Lipinski definition) is 3. The number of nitrogens with zero attached hydrogens (tertiary/aromatic N) is 1. The lowest BCUT2D eigenvalue weighted by Crippen LogP contribution is -2.40. The van der Waals surface area contributed by atoms with Gasteiger partial charge in [0.2, 0.25) is 5.91 Å². The highest BCUT2D eigenvalue weighted by Crippen LogP contribution is 2.27. The first-order valence-electron chi connectivity index (χ1n) is 7.27. The molecule has 1 heterocycles. The van der Waals surface area contributed by atoms with Crippen molar-refractivity contribution in [2.45, 2.75) is 58.4 Å². The quantitative estimate of drug-likeness (QED) is 0.697. The molecule has 0 aromatic carbocycles. The van der Waals surface area contributed by atoms with E-state index in [1.165, 1.54) is 19.3 Å². The first-order valence-corrected chi connectivity index (χ1v) is 7.27. The van der Waals surface area contributed by atoms with Crippen molar-refractivity contribution in [3.05, 3.63) is 12.3 Å². The molecule has 0 aliphatic carbocycles. The summed E-state index contributed by atoms with van der Waals surface area (Å²) in [4.78, 5) is 13.5. The van der Waals surface area contributed by atoms with Gasteiger partial charge in [-0.25, -0.2) is 0 Å². The number of carbonyl (C=O) groups is 1. The molecular weight excluding hydrogens is 240 g/mol. The minimum absolute atomic E-state index is 0.115. The van der Waals surface area contributed by atoms with Crippen LogP contribution in [0, 0.1) is 5.92 Å². The third kappa shape index (κ3) is 5.64. The summed E-state index contributed by atoms with van der Waals surface area (Å²) in [6.45, 7) is 9.52. The van der Waals surface area contributed by atoms with Crippen LogP contribution in [0.25, 0.3) is 0 Å². The molecule has 2 atom stereocenters. The fourth-order valence-corrected chi connectivity index (χ4v) is 2.56. The average Bonchev–Trinajstić information content (AvgIpc) is 2.89. The lowest BCUT2D eigenvalue weighted by molar-refractivity contribution is -0.121. The summed E-state index contributed by atoms with van der Waals surface area (Å²) in [5, 5.41) is 7.00. The monoisotopic (exact) mass is 270 g/mol. The standard InChI is InChI=1S/C14H26N2O.CH4O/c1-4-5-6-8-11(2)12(3)16-10-7-9-13(16)14(15)17;1-2/h11,13H,3-10H2,1-2H3,(H2,15,17);2H,1H3. The Balaban J connectivity index is 0.00000154. The summed E-state index contributed by atoms with van der Waals surface area (Å²) in [5.41, 5.74) is 6.53. The molecule has 0 radical (unpaired) electrons. The summed E-state index contributed by atoms with van der Waals surface area (Å²) in [6.07, 6.45) is 6.86. The maximum atomic E-state index is 11.3. The van der Waals surface area contributed by atoms with E-state index in [1.807, 2.05) is 0 Å². The molecule has 2 unspecified atom stereocenters. The molecule has 0 saturated carbocycles. The van der Waals surface area contributed by atoms with E-state index in [9.17, 15) is 4.79 Å². The van der Waals surface area contributed by atoms with Crippen molar-refractivity contribution in [3.63, 3.8) is 0 Å². The van der Waals surface area contributed by atoms with E-state index in [0.29, 0.717) is 5.92 Å². The minimum Gasteiger partial charge on any atom is -0.400 e. The summed E-state index contributed by atoms with van der Waals surface area (Å²) in [5.74, 6) is 0.255. The highest BCUT2D eigenvalue weighted by atomic mass is 16.2. The van der Waals surface area contributed by atoms with Crippen molar-refractivity contribution < 1.29 is 9.90 Å². The molecule has 1 amide bonds. The van der Waals surface area contributed by atoms with Crippen LogP contribution in [0.4, 0.5) is 0 Å². The van der Waals surface area contributed by atoms with Crippen LogP contribution < -0.4 is 5.73 Å². The number of primary amides is 1.